The number of benzene rings is 1. The van der Waals surface area contributed by atoms with Crippen LogP contribution in [0.15, 0.2) is 18.2 Å². The summed E-state index contributed by atoms with van der Waals surface area (Å²) in [6, 6.07) is 5.12. The number of hydrogen-bond donors (Lipinski definition) is 0. The van der Waals surface area contributed by atoms with Crippen molar-refractivity contribution >= 4 is 34.3 Å². The SMILES string of the molecule is CCOC(=O)c1cc2c(Cl)ccc3c2n1CCC3=O. The molecule has 0 saturated heterocycles. The van der Waals surface area contributed by atoms with Crippen LogP contribution in [0.2, 0.25) is 5.02 Å². The zero-order valence-electron chi connectivity index (χ0n) is 10.4. The molecule has 1 aromatic carbocycles. The van der Waals surface area contributed by atoms with Gasteiger partial charge in [-0.2, -0.15) is 0 Å². The highest BCUT2D eigenvalue weighted by Gasteiger charge is 2.26. The van der Waals surface area contributed by atoms with E-state index in [1.165, 1.54) is 0 Å². The summed E-state index contributed by atoms with van der Waals surface area (Å²) < 4.78 is 6.87. The maximum Gasteiger partial charge on any atom is 0.354 e. The quantitative estimate of drug-likeness (QED) is 0.793. The molecule has 1 aliphatic rings. The Morgan fingerprint density at radius 1 is 1.47 bits per heavy atom. The lowest BCUT2D eigenvalue weighted by molar-refractivity contribution is 0.0513. The molecule has 0 spiro atoms. The first-order chi connectivity index (χ1) is 9.13. The molecular formula is C14H12ClNO3. The van der Waals surface area contributed by atoms with Crippen molar-refractivity contribution in [2.45, 2.75) is 19.9 Å². The number of nitrogens with zero attached hydrogens (tertiary/aromatic N) is 1. The molecule has 0 N–H and O–H groups in total. The van der Waals surface area contributed by atoms with Gasteiger partial charge in [-0.1, -0.05) is 11.6 Å². The van der Waals surface area contributed by atoms with E-state index in [2.05, 4.69) is 0 Å². The topological polar surface area (TPSA) is 48.3 Å². The number of hydrogen-bond acceptors (Lipinski definition) is 3. The number of aromatic nitrogens is 1. The van der Waals surface area contributed by atoms with Gasteiger partial charge in [-0.3, -0.25) is 4.79 Å². The van der Waals surface area contributed by atoms with Crippen LogP contribution < -0.4 is 0 Å². The molecule has 0 atom stereocenters. The third kappa shape index (κ3) is 1.75. The molecule has 0 bridgehead atoms. The summed E-state index contributed by atoms with van der Waals surface area (Å²) in [6.45, 7) is 2.57. The molecule has 0 aliphatic carbocycles. The standard InChI is InChI=1S/C14H12ClNO3/c1-2-19-14(18)11-7-9-10(15)4-3-8-12(17)5-6-16(11)13(8)9/h3-4,7H,2,5-6H2,1H3. The minimum atomic E-state index is -0.380. The van der Waals surface area contributed by atoms with Crippen LogP contribution in [-0.4, -0.2) is 22.9 Å². The van der Waals surface area contributed by atoms with E-state index in [1.54, 1.807) is 25.1 Å². The van der Waals surface area contributed by atoms with E-state index >= 15 is 0 Å². The number of carbonyl (C=O) groups is 2. The average molecular weight is 278 g/mol. The maximum absolute atomic E-state index is 12.0. The van der Waals surface area contributed by atoms with Gasteiger partial charge in [0.2, 0.25) is 0 Å². The predicted octanol–water partition coefficient (Wildman–Crippen LogP) is 3.06. The predicted molar refractivity (Wildman–Crippen MR) is 71.9 cm³/mol. The maximum atomic E-state index is 12.0. The molecule has 4 nitrogen and oxygen atoms in total. The second-order valence-corrected chi connectivity index (χ2v) is 4.84. The van der Waals surface area contributed by atoms with Crippen LogP contribution in [0.25, 0.3) is 10.9 Å². The van der Waals surface area contributed by atoms with Crippen molar-refractivity contribution in [2.24, 2.45) is 0 Å². The van der Waals surface area contributed by atoms with Crippen LogP contribution >= 0.6 is 11.6 Å². The van der Waals surface area contributed by atoms with E-state index in [-0.39, 0.29) is 11.8 Å². The Bertz CT molecular complexity index is 702. The first kappa shape index (κ1) is 12.2. The molecule has 5 heteroatoms. The Kier molecular flexibility index (Phi) is 2.82. The van der Waals surface area contributed by atoms with Gasteiger partial charge >= 0.3 is 5.97 Å². The van der Waals surface area contributed by atoms with Crippen molar-refractivity contribution < 1.29 is 14.3 Å². The molecule has 3 rings (SSSR count). The number of esters is 1. The molecule has 1 aromatic heterocycles. The number of ether oxygens (including phenoxy) is 1. The lowest BCUT2D eigenvalue weighted by atomic mass is 10.0. The van der Waals surface area contributed by atoms with E-state index in [0.717, 1.165) is 10.9 Å². The summed E-state index contributed by atoms with van der Waals surface area (Å²) >= 11 is 6.15. The molecule has 19 heavy (non-hydrogen) atoms. The molecule has 0 unspecified atom stereocenters. The van der Waals surface area contributed by atoms with Gasteiger partial charge in [0.1, 0.15) is 5.69 Å². The van der Waals surface area contributed by atoms with Gasteiger partial charge in [-0.15, -0.1) is 0 Å². The first-order valence-corrected chi connectivity index (χ1v) is 6.53. The molecule has 0 fully saturated rings. The first-order valence-electron chi connectivity index (χ1n) is 6.15. The second-order valence-electron chi connectivity index (χ2n) is 4.43. The van der Waals surface area contributed by atoms with Gasteiger partial charge in [0.15, 0.2) is 5.78 Å². The van der Waals surface area contributed by atoms with Crippen LogP contribution in [0.1, 0.15) is 34.2 Å². The van der Waals surface area contributed by atoms with Crippen LogP contribution in [0.4, 0.5) is 0 Å². The second kappa shape index (κ2) is 4.38. The third-order valence-corrected chi connectivity index (χ3v) is 3.68. The molecule has 0 radical (unpaired) electrons. The van der Waals surface area contributed by atoms with E-state index in [9.17, 15) is 9.59 Å². The minimum absolute atomic E-state index is 0.0858. The van der Waals surface area contributed by atoms with Crippen molar-refractivity contribution in [3.63, 3.8) is 0 Å². The molecule has 1 aliphatic heterocycles. The minimum Gasteiger partial charge on any atom is -0.461 e. The van der Waals surface area contributed by atoms with E-state index in [4.69, 9.17) is 16.3 Å². The van der Waals surface area contributed by atoms with Crippen molar-refractivity contribution in [2.75, 3.05) is 6.61 Å². The number of aryl methyl sites for hydroxylation is 1. The van der Waals surface area contributed by atoms with Gasteiger partial charge in [0, 0.05) is 23.9 Å². The lowest BCUT2D eigenvalue weighted by Gasteiger charge is -2.16. The van der Waals surface area contributed by atoms with Crippen LogP contribution in [0, 0.1) is 0 Å². The summed E-state index contributed by atoms with van der Waals surface area (Å²) in [5, 5.41) is 1.27. The van der Waals surface area contributed by atoms with Gasteiger partial charge in [-0.25, -0.2) is 4.79 Å². The van der Waals surface area contributed by atoms with E-state index in [0.29, 0.717) is 35.9 Å². The van der Waals surface area contributed by atoms with Gasteiger partial charge in [0.05, 0.1) is 17.1 Å². The summed E-state index contributed by atoms with van der Waals surface area (Å²) in [7, 11) is 0. The van der Waals surface area contributed by atoms with Gasteiger partial charge < -0.3 is 9.30 Å². The van der Waals surface area contributed by atoms with Crippen LogP contribution in [-0.2, 0) is 11.3 Å². The largest absolute Gasteiger partial charge is 0.461 e. The molecule has 98 valence electrons. The molecular weight excluding hydrogens is 266 g/mol. The van der Waals surface area contributed by atoms with Crippen LogP contribution in [0.3, 0.4) is 0 Å². The summed E-state index contributed by atoms with van der Waals surface area (Å²) in [5.41, 5.74) is 1.83. The lowest BCUT2D eigenvalue weighted by Crippen LogP contribution is -2.18. The molecule has 0 saturated carbocycles. The number of carbonyl (C=O) groups excluding carboxylic acids is 2. The Morgan fingerprint density at radius 2 is 2.26 bits per heavy atom. The highest BCUT2D eigenvalue weighted by atomic mass is 35.5. The van der Waals surface area contributed by atoms with Gasteiger partial charge in [-0.05, 0) is 25.1 Å². The number of ketones is 1. The van der Waals surface area contributed by atoms with E-state index < -0.39 is 0 Å². The summed E-state index contributed by atoms with van der Waals surface area (Å²) in [6.07, 6.45) is 0.394. The Morgan fingerprint density at radius 3 is 3.00 bits per heavy atom. The van der Waals surface area contributed by atoms with Crippen molar-refractivity contribution in [1.82, 2.24) is 4.57 Å². The summed E-state index contributed by atoms with van der Waals surface area (Å²) in [4.78, 5) is 23.9. The molecule has 2 heterocycles. The fourth-order valence-corrected chi connectivity index (χ4v) is 2.73. The molecule has 0 amide bonds. The third-order valence-electron chi connectivity index (χ3n) is 3.35. The molecule has 2 aromatic rings. The van der Waals surface area contributed by atoms with E-state index in [1.807, 2.05) is 4.57 Å². The normalized spacial score (nSPS) is 13.9. The van der Waals surface area contributed by atoms with Gasteiger partial charge in [0.25, 0.3) is 0 Å². The van der Waals surface area contributed by atoms with Crippen LogP contribution in [0.5, 0.6) is 0 Å². The Hall–Kier alpha value is -1.81. The zero-order chi connectivity index (χ0) is 13.6. The monoisotopic (exact) mass is 277 g/mol. The smallest absolute Gasteiger partial charge is 0.354 e. The Labute approximate surface area is 114 Å². The fourth-order valence-electron chi connectivity index (χ4n) is 2.53. The highest BCUT2D eigenvalue weighted by Crippen LogP contribution is 2.33. The number of halogens is 1. The van der Waals surface area contributed by atoms with Crippen molar-refractivity contribution in [3.05, 3.63) is 34.5 Å². The van der Waals surface area contributed by atoms with Crippen molar-refractivity contribution in [1.29, 1.82) is 0 Å². The van der Waals surface area contributed by atoms with Crippen molar-refractivity contribution in [3.8, 4) is 0 Å². The summed E-state index contributed by atoms with van der Waals surface area (Å²) in [5.74, 6) is -0.294. The zero-order valence-corrected chi connectivity index (χ0v) is 11.2. The Balaban J connectivity index is 2.31. The number of rotatable bonds is 2. The fraction of sp³-hybridized carbons (Fsp3) is 0.286. The number of Topliss-reactive ketones (excluding diaryl/α,β-unsaturated/α-hetero) is 1. The highest BCUT2D eigenvalue weighted by molar-refractivity contribution is 6.36. The average Bonchev–Trinajstić information content (AvgIpc) is 2.78.